The molecule has 8 nitrogen and oxygen atoms in total. The van der Waals surface area contributed by atoms with Crippen molar-refractivity contribution in [2.24, 2.45) is 0 Å². The van der Waals surface area contributed by atoms with E-state index >= 15 is 0 Å². The van der Waals surface area contributed by atoms with E-state index in [9.17, 15) is 4.79 Å². The summed E-state index contributed by atoms with van der Waals surface area (Å²) >= 11 is 1.30. The molecule has 0 aliphatic rings. The van der Waals surface area contributed by atoms with E-state index in [0.717, 1.165) is 5.75 Å². The number of hydrogen-bond acceptors (Lipinski definition) is 7. The van der Waals surface area contributed by atoms with Crippen LogP contribution < -0.4 is 19.5 Å². The molecule has 9 heteroatoms. The fraction of sp³-hybridized carbons (Fsp3) is 0.292. The Morgan fingerprint density at radius 1 is 1.18 bits per heavy atom. The van der Waals surface area contributed by atoms with Gasteiger partial charge in [-0.2, -0.15) is 0 Å². The van der Waals surface area contributed by atoms with Crippen LogP contribution in [0.2, 0.25) is 0 Å². The molecule has 0 radical (unpaired) electrons. The number of carbonyl (C=O) groups excluding carboxylic acids is 1. The Balaban J connectivity index is 1.66. The number of amides is 1. The molecule has 1 atom stereocenters. The number of para-hydroxylation sites is 2. The largest absolute Gasteiger partial charge is 0.497 e. The van der Waals surface area contributed by atoms with E-state index in [0.29, 0.717) is 41.3 Å². The van der Waals surface area contributed by atoms with Gasteiger partial charge in [-0.05, 0) is 50.2 Å². The summed E-state index contributed by atoms with van der Waals surface area (Å²) in [5.41, 5.74) is 0.639. The van der Waals surface area contributed by atoms with E-state index in [1.807, 2.05) is 66.9 Å². The molecular weight excluding hydrogens is 440 g/mol. The van der Waals surface area contributed by atoms with E-state index in [4.69, 9.17) is 14.2 Å². The SMILES string of the molecule is C=CCn1c(SCC(=O)Nc2ccccc2OCC)nnc1C(C)Oc1ccc(OC)cc1. The van der Waals surface area contributed by atoms with Crippen LogP contribution in [0.15, 0.2) is 66.3 Å². The number of thioether (sulfide) groups is 1. The highest BCUT2D eigenvalue weighted by Crippen LogP contribution is 2.27. The number of nitrogens with zero attached hydrogens (tertiary/aromatic N) is 3. The summed E-state index contributed by atoms with van der Waals surface area (Å²) in [6, 6.07) is 14.7. The monoisotopic (exact) mass is 468 g/mol. The molecule has 0 bridgehead atoms. The van der Waals surface area contributed by atoms with Crippen LogP contribution in [-0.2, 0) is 11.3 Å². The molecule has 33 heavy (non-hydrogen) atoms. The first-order chi connectivity index (χ1) is 16.0. The molecule has 3 aromatic rings. The van der Waals surface area contributed by atoms with Crippen molar-refractivity contribution in [2.45, 2.75) is 31.7 Å². The van der Waals surface area contributed by atoms with E-state index in [2.05, 4.69) is 22.1 Å². The van der Waals surface area contributed by atoms with Crippen molar-refractivity contribution in [2.75, 3.05) is 24.8 Å². The van der Waals surface area contributed by atoms with Gasteiger partial charge in [0.15, 0.2) is 17.1 Å². The summed E-state index contributed by atoms with van der Waals surface area (Å²) in [6.07, 6.45) is 1.40. The predicted molar refractivity (Wildman–Crippen MR) is 129 cm³/mol. The van der Waals surface area contributed by atoms with Gasteiger partial charge in [0.05, 0.1) is 25.2 Å². The minimum Gasteiger partial charge on any atom is -0.497 e. The zero-order valence-corrected chi connectivity index (χ0v) is 19.8. The normalized spacial score (nSPS) is 11.5. The lowest BCUT2D eigenvalue weighted by molar-refractivity contribution is -0.113. The molecule has 1 aromatic heterocycles. The van der Waals surface area contributed by atoms with Crippen molar-refractivity contribution in [3.8, 4) is 17.2 Å². The molecule has 1 amide bonds. The number of aromatic nitrogens is 3. The lowest BCUT2D eigenvalue weighted by Crippen LogP contribution is -2.16. The van der Waals surface area contributed by atoms with Gasteiger partial charge in [-0.1, -0.05) is 30.0 Å². The van der Waals surface area contributed by atoms with Crippen molar-refractivity contribution in [1.29, 1.82) is 0 Å². The van der Waals surface area contributed by atoms with Crippen LogP contribution in [0, 0.1) is 0 Å². The molecule has 0 aliphatic carbocycles. The van der Waals surface area contributed by atoms with Gasteiger partial charge in [0, 0.05) is 6.54 Å². The van der Waals surface area contributed by atoms with Crippen molar-refractivity contribution in [3.05, 3.63) is 67.0 Å². The molecule has 1 N–H and O–H groups in total. The average molecular weight is 469 g/mol. The standard InChI is InChI=1S/C24H28N4O4S/c1-5-15-28-23(17(3)32-19-13-11-18(30-4)12-14-19)26-27-24(28)33-16-22(29)25-20-9-7-8-10-21(20)31-6-2/h5,7-14,17H,1,6,15-16H2,2-4H3,(H,25,29). The predicted octanol–water partition coefficient (Wildman–Crippen LogP) is 4.74. The quantitative estimate of drug-likeness (QED) is 0.303. The van der Waals surface area contributed by atoms with Gasteiger partial charge in [0.2, 0.25) is 5.91 Å². The second-order valence-corrected chi connectivity index (χ2v) is 7.88. The summed E-state index contributed by atoms with van der Waals surface area (Å²) < 4.78 is 18.7. The molecule has 0 saturated heterocycles. The second-order valence-electron chi connectivity index (χ2n) is 6.94. The fourth-order valence-corrected chi connectivity index (χ4v) is 3.84. The maximum atomic E-state index is 12.5. The first-order valence-electron chi connectivity index (χ1n) is 10.5. The number of anilines is 1. The minimum atomic E-state index is -0.355. The van der Waals surface area contributed by atoms with Crippen molar-refractivity contribution >= 4 is 23.4 Å². The van der Waals surface area contributed by atoms with Crippen LogP contribution in [0.25, 0.3) is 0 Å². The van der Waals surface area contributed by atoms with Gasteiger partial charge in [0.1, 0.15) is 17.2 Å². The molecule has 0 fully saturated rings. The van der Waals surface area contributed by atoms with E-state index < -0.39 is 0 Å². The van der Waals surface area contributed by atoms with Gasteiger partial charge < -0.3 is 19.5 Å². The Morgan fingerprint density at radius 2 is 1.91 bits per heavy atom. The smallest absolute Gasteiger partial charge is 0.234 e. The molecule has 174 valence electrons. The Morgan fingerprint density at radius 3 is 2.61 bits per heavy atom. The molecule has 0 saturated carbocycles. The lowest BCUT2D eigenvalue weighted by atomic mass is 10.3. The highest BCUT2D eigenvalue weighted by Gasteiger charge is 2.20. The number of ether oxygens (including phenoxy) is 3. The van der Waals surface area contributed by atoms with Crippen LogP contribution in [0.3, 0.4) is 0 Å². The van der Waals surface area contributed by atoms with Crippen LogP contribution >= 0.6 is 11.8 Å². The first kappa shape index (κ1) is 24.2. The van der Waals surface area contributed by atoms with E-state index in [-0.39, 0.29) is 17.8 Å². The third-order valence-electron chi connectivity index (χ3n) is 4.59. The summed E-state index contributed by atoms with van der Waals surface area (Å²) in [5, 5.41) is 12.1. The highest BCUT2D eigenvalue weighted by atomic mass is 32.2. The van der Waals surface area contributed by atoms with Crippen LogP contribution in [0.1, 0.15) is 25.8 Å². The summed E-state index contributed by atoms with van der Waals surface area (Å²) in [7, 11) is 1.62. The van der Waals surface area contributed by atoms with E-state index in [1.165, 1.54) is 11.8 Å². The van der Waals surface area contributed by atoms with Gasteiger partial charge in [0.25, 0.3) is 0 Å². The number of nitrogens with one attached hydrogen (secondary N) is 1. The Kier molecular flexibility index (Phi) is 8.77. The average Bonchev–Trinajstić information content (AvgIpc) is 3.22. The zero-order chi connectivity index (χ0) is 23.6. The summed E-state index contributed by atoms with van der Waals surface area (Å²) in [5.74, 6) is 2.74. The molecule has 3 rings (SSSR count). The third kappa shape index (κ3) is 6.52. The topological polar surface area (TPSA) is 87.5 Å². The number of carbonyl (C=O) groups is 1. The molecule has 0 spiro atoms. The van der Waals surface area contributed by atoms with Crippen LogP contribution in [-0.4, -0.2) is 40.1 Å². The first-order valence-corrected chi connectivity index (χ1v) is 11.5. The molecule has 0 aliphatic heterocycles. The van der Waals surface area contributed by atoms with Crippen molar-refractivity contribution < 1.29 is 19.0 Å². The number of rotatable bonds is 12. The van der Waals surface area contributed by atoms with Crippen LogP contribution in [0.5, 0.6) is 17.2 Å². The van der Waals surface area contributed by atoms with Crippen molar-refractivity contribution in [3.63, 3.8) is 0 Å². The van der Waals surface area contributed by atoms with Gasteiger partial charge in [-0.3, -0.25) is 9.36 Å². The number of methoxy groups -OCH3 is 1. The molecule has 1 heterocycles. The fourth-order valence-electron chi connectivity index (χ4n) is 3.09. The molecule has 1 unspecified atom stereocenters. The summed E-state index contributed by atoms with van der Waals surface area (Å²) in [6.45, 7) is 8.64. The Bertz CT molecular complexity index is 1070. The van der Waals surface area contributed by atoms with E-state index in [1.54, 1.807) is 13.2 Å². The Hall–Kier alpha value is -3.46. The Labute approximate surface area is 198 Å². The minimum absolute atomic E-state index is 0.163. The number of hydrogen-bond donors (Lipinski definition) is 1. The maximum absolute atomic E-state index is 12.5. The molecule has 2 aromatic carbocycles. The second kappa shape index (κ2) is 12.0. The van der Waals surface area contributed by atoms with Gasteiger partial charge in [-0.15, -0.1) is 16.8 Å². The summed E-state index contributed by atoms with van der Waals surface area (Å²) in [4.78, 5) is 12.5. The zero-order valence-electron chi connectivity index (χ0n) is 19.0. The number of benzene rings is 2. The van der Waals surface area contributed by atoms with Crippen LogP contribution in [0.4, 0.5) is 5.69 Å². The third-order valence-corrected chi connectivity index (χ3v) is 5.55. The van der Waals surface area contributed by atoms with Crippen molar-refractivity contribution in [1.82, 2.24) is 14.8 Å². The van der Waals surface area contributed by atoms with Gasteiger partial charge in [-0.25, -0.2) is 0 Å². The maximum Gasteiger partial charge on any atom is 0.234 e. The highest BCUT2D eigenvalue weighted by molar-refractivity contribution is 7.99. The van der Waals surface area contributed by atoms with Gasteiger partial charge >= 0.3 is 0 Å². The lowest BCUT2D eigenvalue weighted by Gasteiger charge is -2.16. The molecular formula is C24H28N4O4S. The number of allylic oxidation sites excluding steroid dienone is 1.